The maximum atomic E-state index is 5.42. The van der Waals surface area contributed by atoms with Gasteiger partial charge in [0.05, 0.1) is 13.2 Å². The molecule has 0 bridgehead atoms. The number of ether oxygens (including phenoxy) is 1. The van der Waals surface area contributed by atoms with Gasteiger partial charge in [0.1, 0.15) is 22.0 Å². The Morgan fingerprint density at radius 1 is 0.969 bits per heavy atom. The summed E-state index contributed by atoms with van der Waals surface area (Å²) in [6.07, 6.45) is 1.93. The van der Waals surface area contributed by atoms with E-state index >= 15 is 0 Å². The van der Waals surface area contributed by atoms with Gasteiger partial charge < -0.3 is 15.4 Å². The van der Waals surface area contributed by atoms with E-state index in [9.17, 15) is 0 Å². The van der Waals surface area contributed by atoms with Gasteiger partial charge in [0.25, 0.3) is 0 Å². The molecule has 3 aromatic heterocycles. The van der Waals surface area contributed by atoms with Crippen molar-refractivity contribution in [1.82, 2.24) is 19.9 Å². The second-order valence-electron chi connectivity index (χ2n) is 8.05. The van der Waals surface area contributed by atoms with E-state index < -0.39 is 0 Å². The third kappa shape index (κ3) is 4.88. The van der Waals surface area contributed by atoms with E-state index in [4.69, 9.17) is 14.7 Å². The number of hydrogen-bond donors (Lipinski definition) is 2. The Hall–Kier alpha value is -3.07. The molecule has 4 aromatic rings. The highest BCUT2D eigenvalue weighted by molar-refractivity contribution is 7.21. The molecule has 0 aliphatic carbocycles. The summed E-state index contributed by atoms with van der Waals surface area (Å²) in [6.45, 7) is 8.60. The van der Waals surface area contributed by atoms with Crippen LogP contribution in [0.3, 0.4) is 0 Å². The fourth-order valence-electron chi connectivity index (χ4n) is 3.68. The lowest BCUT2D eigenvalue weighted by Crippen LogP contribution is -2.35. The quantitative estimate of drug-likeness (QED) is 0.431. The molecule has 0 atom stereocenters. The van der Waals surface area contributed by atoms with E-state index in [1.807, 2.05) is 18.3 Å². The molecular weight excluding hydrogens is 420 g/mol. The molecule has 2 N–H and O–H groups in total. The molecule has 0 amide bonds. The van der Waals surface area contributed by atoms with Crippen LogP contribution < -0.4 is 10.6 Å². The highest BCUT2D eigenvalue weighted by atomic mass is 32.1. The van der Waals surface area contributed by atoms with E-state index in [1.165, 1.54) is 22.5 Å². The minimum absolute atomic E-state index is 0.783. The summed E-state index contributed by atoms with van der Waals surface area (Å²) < 4.78 is 5.42. The van der Waals surface area contributed by atoms with Crippen LogP contribution in [0.5, 0.6) is 0 Å². The fraction of sp³-hybridized carbons (Fsp3) is 0.292. The zero-order chi connectivity index (χ0) is 21.9. The molecule has 1 aliphatic heterocycles. The number of thiazole rings is 1. The first-order valence-electron chi connectivity index (χ1n) is 10.8. The van der Waals surface area contributed by atoms with Crippen molar-refractivity contribution >= 4 is 44.1 Å². The molecule has 7 nitrogen and oxygen atoms in total. The van der Waals surface area contributed by atoms with Gasteiger partial charge in [-0.15, -0.1) is 0 Å². The summed E-state index contributed by atoms with van der Waals surface area (Å²) in [5.41, 5.74) is 5.45. The molecule has 0 unspecified atom stereocenters. The van der Waals surface area contributed by atoms with E-state index in [0.29, 0.717) is 0 Å². The van der Waals surface area contributed by atoms with Crippen LogP contribution in [-0.2, 0) is 11.3 Å². The number of aromatic nitrogens is 3. The minimum atomic E-state index is 0.783. The van der Waals surface area contributed by atoms with Gasteiger partial charge in [0.15, 0.2) is 5.13 Å². The first-order valence-corrected chi connectivity index (χ1v) is 11.6. The maximum absolute atomic E-state index is 5.42. The molecule has 1 fully saturated rings. The van der Waals surface area contributed by atoms with Crippen LogP contribution in [-0.4, -0.2) is 46.2 Å². The Balaban J connectivity index is 1.29. The summed E-state index contributed by atoms with van der Waals surface area (Å²) in [7, 11) is 0. The van der Waals surface area contributed by atoms with Crippen molar-refractivity contribution in [2.24, 2.45) is 0 Å². The van der Waals surface area contributed by atoms with Crippen LogP contribution in [0, 0.1) is 13.8 Å². The first kappa shape index (κ1) is 20.8. The van der Waals surface area contributed by atoms with Crippen molar-refractivity contribution in [3.63, 3.8) is 0 Å². The van der Waals surface area contributed by atoms with Gasteiger partial charge in [-0.2, -0.15) is 0 Å². The zero-order valence-electron chi connectivity index (χ0n) is 18.3. The maximum Gasteiger partial charge on any atom is 0.190 e. The van der Waals surface area contributed by atoms with E-state index in [2.05, 4.69) is 64.7 Å². The SMILES string of the molecule is Cc1ccc(Nc2cc(C)c3nc(Nc4ccc(CN5CCOCC5)cn4)sc3n2)cc1. The smallest absolute Gasteiger partial charge is 0.190 e. The summed E-state index contributed by atoms with van der Waals surface area (Å²) in [5.74, 6) is 1.60. The number of hydrogen-bond acceptors (Lipinski definition) is 8. The van der Waals surface area contributed by atoms with E-state index in [-0.39, 0.29) is 0 Å². The number of aryl methyl sites for hydroxylation is 2. The number of pyridine rings is 2. The number of rotatable bonds is 6. The predicted octanol–water partition coefficient (Wildman–Crippen LogP) is 5.02. The summed E-state index contributed by atoms with van der Waals surface area (Å²) >= 11 is 1.53. The first-order chi connectivity index (χ1) is 15.6. The predicted molar refractivity (Wildman–Crippen MR) is 130 cm³/mol. The van der Waals surface area contributed by atoms with Crippen LogP contribution >= 0.6 is 11.3 Å². The lowest BCUT2D eigenvalue weighted by Gasteiger charge is -2.26. The van der Waals surface area contributed by atoms with Crippen molar-refractivity contribution < 1.29 is 4.74 Å². The van der Waals surface area contributed by atoms with Gasteiger partial charge in [-0.1, -0.05) is 35.1 Å². The van der Waals surface area contributed by atoms with Crippen LogP contribution in [0.4, 0.5) is 22.5 Å². The van der Waals surface area contributed by atoms with Crippen LogP contribution in [0.2, 0.25) is 0 Å². The molecule has 1 aliphatic rings. The van der Waals surface area contributed by atoms with Crippen molar-refractivity contribution in [2.75, 3.05) is 36.9 Å². The highest BCUT2D eigenvalue weighted by Crippen LogP contribution is 2.30. The second-order valence-corrected chi connectivity index (χ2v) is 9.03. The van der Waals surface area contributed by atoms with Gasteiger partial charge in [0, 0.05) is 31.5 Å². The van der Waals surface area contributed by atoms with E-state index in [1.54, 1.807) is 0 Å². The topological polar surface area (TPSA) is 75.2 Å². The lowest BCUT2D eigenvalue weighted by atomic mass is 10.2. The van der Waals surface area contributed by atoms with Gasteiger partial charge >= 0.3 is 0 Å². The van der Waals surface area contributed by atoms with Crippen molar-refractivity contribution in [1.29, 1.82) is 0 Å². The molecule has 0 spiro atoms. The average Bonchev–Trinajstić information content (AvgIpc) is 3.20. The molecule has 4 heterocycles. The van der Waals surface area contributed by atoms with Crippen molar-refractivity contribution in [3.05, 3.63) is 65.4 Å². The van der Waals surface area contributed by atoms with Crippen molar-refractivity contribution in [3.8, 4) is 0 Å². The van der Waals surface area contributed by atoms with Crippen LogP contribution in [0.15, 0.2) is 48.7 Å². The Labute approximate surface area is 191 Å². The fourth-order valence-corrected chi connectivity index (χ4v) is 4.60. The van der Waals surface area contributed by atoms with Gasteiger partial charge in [0.2, 0.25) is 0 Å². The summed E-state index contributed by atoms with van der Waals surface area (Å²) in [4.78, 5) is 17.4. The van der Waals surface area contributed by atoms with Gasteiger partial charge in [-0.05, 0) is 49.2 Å². The Morgan fingerprint density at radius 3 is 2.53 bits per heavy atom. The van der Waals surface area contributed by atoms with Crippen LogP contribution in [0.1, 0.15) is 16.7 Å². The molecule has 164 valence electrons. The monoisotopic (exact) mass is 446 g/mol. The van der Waals surface area contributed by atoms with E-state index in [0.717, 1.165) is 71.2 Å². The van der Waals surface area contributed by atoms with Crippen LogP contribution in [0.25, 0.3) is 10.3 Å². The molecule has 1 aromatic carbocycles. The number of fused-ring (bicyclic) bond motifs is 1. The molecular formula is C24H26N6OS. The van der Waals surface area contributed by atoms with Crippen molar-refractivity contribution in [2.45, 2.75) is 20.4 Å². The minimum Gasteiger partial charge on any atom is -0.379 e. The molecule has 0 radical (unpaired) electrons. The Morgan fingerprint density at radius 2 is 1.78 bits per heavy atom. The summed E-state index contributed by atoms with van der Waals surface area (Å²) in [6, 6.07) is 14.4. The molecule has 8 heteroatoms. The number of benzene rings is 1. The molecule has 1 saturated heterocycles. The zero-order valence-corrected chi connectivity index (χ0v) is 19.1. The number of nitrogens with one attached hydrogen (secondary N) is 2. The molecule has 0 saturated carbocycles. The standard InChI is InChI=1S/C24H26N6OS/c1-16-3-6-19(7-4-16)26-21-13-17(2)22-23(27-21)32-24(29-22)28-20-8-5-18(14-25-20)15-30-9-11-31-12-10-30/h3-8,13-14H,9-12,15H2,1-2H3,(H,26,27)(H,25,28,29). The average molecular weight is 447 g/mol. The molecule has 32 heavy (non-hydrogen) atoms. The normalized spacial score (nSPS) is 14.6. The van der Waals surface area contributed by atoms with Gasteiger partial charge in [-0.3, -0.25) is 4.90 Å². The largest absolute Gasteiger partial charge is 0.379 e. The Kier molecular flexibility index (Phi) is 5.98. The number of anilines is 4. The lowest BCUT2D eigenvalue weighted by molar-refractivity contribution is 0.0341. The molecule has 5 rings (SSSR count). The third-order valence-corrected chi connectivity index (χ3v) is 6.32. The summed E-state index contributed by atoms with van der Waals surface area (Å²) in [5, 5.41) is 7.50. The highest BCUT2D eigenvalue weighted by Gasteiger charge is 2.12. The number of nitrogens with zero attached hydrogens (tertiary/aromatic N) is 4. The third-order valence-electron chi connectivity index (χ3n) is 5.45. The van der Waals surface area contributed by atoms with Gasteiger partial charge in [-0.25, -0.2) is 15.0 Å². The Bertz CT molecular complexity index is 1200. The second kappa shape index (κ2) is 9.20. The number of morpholine rings is 1.